The number of nitrogens with two attached hydrogens (primary N) is 1. The van der Waals surface area contributed by atoms with Gasteiger partial charge in [-0.2, -0.15) is 4.98 Å². The summed E-state index contributed by atoms with van der Waals surface area (Å²) in [6.07, 6.45) is 2.78. The molecule has 3 aromatic rings. The Balaban J connectivity index is 1.45. The molecule has 0 amide bonds. The number of nitrogens with zero attached hydrogens (tertiary/aromatic N) is 3. The largest absolute Gasteiger partial charge is 0.490 e. The van der Waals surface area contributed by atoms with Crippen molar-refractivity contribution < 1.29 is 23.5 Å². The zero-order chi connectivity index (χ0) is 25.2. The van der Waals surface area contributed by atoms with Gasteiger partial charge in [-0.1, -0.05) is 28.4 Å². The molecule has 1 saturated carbocycles. The lowest BCUT2D eigenvalue weighted by molar-refractivity contribution is -0.149. The van der Waals surface area contributed by atoms with Crippen molar-refractivity contribution in [3.63, 3.8) is 0 Å². The molecular formula is C24H26Cl2N4O5. The zero-order valence-electron chi connectivity index (χ0n) is 19.6. The average Bonchev–Trinajstić information content (AvgIpc) is 3.43. The summed E-state index contributed by atoms with van der Waals surface area (Å²) in [6.45, 7) is 5.82. The summed E-state index contributed by atoms with van der Waals surface area (Å²) in [4.78, 5) is 20.8. The predicted octanol–water partition coefficient (Wildman–Crippen LogP) is 5.08. The topological polar surface area (TPSA) is 123 Å². The van der Waals surface area contributed by atoms with E-state index in [1.807, 2.05) is 13.8 Å². The van der Waals surface area contributed by atoms with E-state index >= 15 is 0 Å². The second kappa shape index (κ2) is 10.4. The van der Waals surface area contributed by atoms with Crippen LogP contribution in [0, 0.1) is 0 Å². The fourth-order valence-electron chi connectivity index (χ4n) is 3.84. The van der Waals surface area contributed by atoms with Gasteiger partial charge in [0.1, 0.15) is 22.4 Å². The van der Waals surface area contributed by atoms with Crippen LogP contribution in [0.25, 0.3) is 22.8 Å². The third kappa shape index (κ3) is 5.69. The van der Waals surface area contributed by atoms with Crippen LogP contribution < -0.4 is 15.2 Å². The minimum absolute atomic E-state index is 0.0564. The standard InChI is InChI=1S/C24H26Cl2N4O5/c1-4-32-23(31)24(27)8-7-16(11-24)34-15-5-6-17(18(25)10-15)20-29-21(35-30-20)14-9-19(26)22(28-12-14)33-13(2)3/h5-6,9-10,12-13,16H,4,7-8,11,27H2,1-3H3. The van der Waals surface area contributed by atoms with Gasteiger partial charge in [0.2, 0.25) is 11.7 Å². The van der Waals surface area contributed by atoms with E-state index < -0.39 is 11.5 Å². The molecule has 0 spiro atoms. The summed E-state index contributed by atoms with van der Waals surface area (Å²) < 4.78 is 22.1. The lowest BCUT2D eigenvalue weighted by Gasteiger charge is -2.21. The number of pyridine rings is 1. The summed E-state index contributed by atoms with van der Waals surface area (Å²) >= 11 is 12.8. The first kappa shape index (κ1) is 25.2. The Morgan fingerprint density at radius 2 is 2.09 bits per heavy atom. The molecule has 2 atom stereocenters. The molecule has 1 aliphatic rings. The Kier molecular flexibility index (Phi) is 7.49. The number of esters is 1. The highest BCUT2D eigenvalue weighted by atomic mass is 35.5. The molecule has 0 aliphatic heterocycles. The molecule has 2 heterocycles. The number of halogens is 2. The van der Waals surface area contributed by atoms with Crippen molar-refractivity contribution in [2.45, 2.75) is 57.8 Å². The number of benzene rings is 1. The first-order valence-electron chi connectivity index (χ1n) is 11.3. The van der Waals surface area contributed by atoms with Crippen molar-refractivity contribution >= 4 is 29.2 Å². The summed E-state index contributed by atoms with van der Waals surface area (Å²) in [5, 5.41) is 4.75. The van der Waals surface area contributed by atoms with E-state index in [-0.39, 0.29) is 18.1 Å². The van der Waals surface area contributed by atoms with Crippen LogP contribution >= 0.6 is 23.2 Å². The van der Waals surface area contributed by atoms with Crippen molar-refractivity contribution in [2.24, 2.45) is 5.73 Å². The second-order valence-corrected chi connectivity index (χ2v) is 9.42. The van der Waals surface area contributed by atoms with Crippen LogP contribution in [0.4, 0.5) is 0 Å². The minimum Gasteiger partial charge on any atom is -0.490 e. The van der Waals surface area contributed by atoms with Crippen molar-refractivity contribution in [3.05, 3.63) is 40.5 Å². The van der Waals surface area contributed by atoms with E-state index in [2.05, 4.69) is 15.1 Å². The summed E-state index contributed by atoms with van der Waals surface area (Å²) in [5.41, 5.74) is 6.32. The van der Waals surface area contributed by atoms with Crippen molar-refractivity contribution in [1.82, 2.24) is 15.1 Å². The lowest BCUT2D eigenvalue weighted by atomic mass is 9.99. The molecule has 2 aromatic heterocycles. The number of rotatable bonds is 8. The highest BCUT2D eigenvalue weighted by Gasteiger charge is 2.44. The maximum absolute atomic E-state index is 12.1. The van der Waals surface area contributed by atoms with Gasteiger partial charge in [-0.15, -0.1) is 0 Å². The fraction of sp³-hybridized carbons (Fsp3) is 0.417. The number of ether oxygens (including phenoxy) is 3. The Morgan fingerprint density at radius 1 is 1.29 bits per heavy atom. The maximum Gasteiger partial charge on any atom is 0.326 e. The molecule has 1 fully saturated rings. The lowest BCUT2D eigenvalue weighted by Crippen LogP contribution is -2.47. The highest BCUT2D eigenvalue weighted by molar-refractivity contribution is 6.33. The van der Waals surface area contributed by atoms with Gasteiger partial charge in [0.05, 0.1) is 23.3 Å². The van der Waals surface area contributed by atoms with Gasteiger partial charge in [0, 0.05) is 18.2 Å². The van der Waals surface area contributed by atoms with E-state index in [4.69, 9.17) is 47.7 Å². The summed E-state index contributed by atoms with van der Waals surface area (Å²) in [5.74, 6) is 1.04. The van der Waals surface area contributed by atoms with Crippen LogP contribution in [0.1, 0.15) is 40.0 Å². The minimum atomic E-state index is -1.03. The Morgan fingerprint density at radius 3 is 2.77 bits per heavy atom. The number of hydrogen-bond acceptors (Lipinski definition) is 9. The van der Waals surface area contributed by atoms with E-state index in [1.54, 1.807) is 37.4 Å². The third-order valence-corrected chi connectivity index (χ3v) is 6.08. The second-order valence-electron chi connectivity index (χ2n) is 8.60. The van der Waals surface area contributed by atoms with Crippen molar-refractivity contribution in [2.75, 3.05) is 6.61 Å². The molecule has 35 heavy (non-hydrogen) atoms. The van der Waals surface area contributed by atoms with Crippen LogP contribution in [-0.4, -0.2) is 45.4 Å². The molecule has 1 aliphatic carbocycles. The van der Waals surface area contributed by atoms with Crippen LogP contribution in [0.5, 0.6) is 11.6 Å². The quantitative estimate of drug-likeness (QED) is 0.404. The van der Waals surface area contributed by atoms with Crippen LogP contribution in [0.3, 0.4) is 0 Å². The van der Waals surface area contributed by atoms with Crippen molar-refractivity contribution in [3.8, 4) is 34.5 Å². The monoisotopic (exact) mass is 520 g/mol. The molecular weight excluding hydrogens is 495 g/mol. The van der Waals surface area contributed by atoms with Crippen LogP contribution in [0.15, 0.2) is 35.0 Å². The fourth-order valence-corrected chi connectivity index (χ4v) is 4.30. The predicted molar refractivity (Wildman–Crippen MR) is 131 cm³/mol. The molecule has 11 heteroatoms. The van der Waals surface area contributed by atoms with Gasteiger partial charge in [-0.25, -0.2) is 4.98 Å². The molecule has 0 bridgehead atoms. The number of aromatic nitrogens is 3. The molecule has 0 saturated heterocycles. The number of hydrogen-bond donors (Lipinski definition) is 1. The smallest absolute Gasteiger partial charge is 0.326 e. The highest BCUT2D eigenvalue weighted by Crippen LogP contribution is 2.35. The van der Waals surface area contributed by atoms with Crippen LogP contribution in [-0.2, 0) is 9.53 Å². The average molecular weight is 521 g/mol. The molecule has 2 unspecified atom stereocenters. The third-order valence-electron chi connectivity index (χ3n) is 5.50. The Bertz CT molecular complexity index is 1220. The first-order valence-corrected chi connectivity index (χ1v) is 12.0. The summed E-state index contributed by atoms with van der Waals surface area (Å²) in [6, 6.07) is 6.82. The van der Waals surface area contributed by atoms with E-state index in [9.17, 15) is 4.79 Å². The van der Waals surface area contributed by atoms with Crippen molar-refractivity contribution in [1.29, 1.82) is 0 Å². The Labute approximate surface area is 212 Å². The molecule has 186 valence electrons. The van der Waals surface area contributed by atoms with Gasteiger partial charge in [0.15, 0.2) is 0 Å². The SMILES string of the molecule is CCOC(=O)C1(N)CCC(Oc2ccc(-c3noc(-c4cnc(OC(C)C)c(Cl)c4)n3)c(Cl)c2)C1. The van der Waals surface area contributed by atoms with Gasteiger partial charge in [-0.05, 0) is 57.9 Å². The van der Waals surface area contributed by atoms with Crippen LogP contribution in [0.2, 0.25) is 10.0 Å². The van der Waals surface area contributed by atoms with Gasteiger partial charge >= 0.3 is 5.97 Å². The molecule has 0 radical (unpaired) electrons. The van der Waals surface area contributed by atoms with Gasteiger partial charge in [-0.3, -0.25) is 4.79 Å². The summed E-state index contributed by atoms with van der Waals surface area (Å²) in [7, 11) is 0. The van der Waals surface area contributed by atoms with E-state index in [0.717, 1.165) is 0 Å². The number of carbonyl (C=O) groups excluding carboxylic acids is 1. The maximum atomic E-state index is 12.1. The molecule has 9 nitrogen and oxygen atoms in total. The molecule has 1 aromatic carbocycles. The number of carbonyl (C=O) groups is 1. The molecule has 2 N–H and O–H groups in total. The molecule has 4 rings (SSSR count). The van der Waals surface area contributed by atoms with Gasteiger partial charge in [0.25, 0.3) is 5.89 Å². The first-order chi connectivity index (χ1) is 16.7. The van der Waals surface area contributed by atoms with E-state index in [0.29, 0.717) is 64.5 Å². The van der Waals surface area contributed by atoms with E-state index in [1.165, 1.54) is 0 Å². The Hall–Kier alpha value is -2.88. The van der Waals surface area contributed by atoms with Gasteiger partial charge < -0.3 is 24.5 Å². The normalized spacial score (nSPS) is 19.7. The zero-order valence-corrected chi connectivity index (χ0v) is 21.1.